The van der Waals surface area contributed by atoms with E-state index in [1.165, 1.54) is 6.92 Å². The van der Waals surface area contributed by atoms with Crippen LogP contribution in [0.4, 0.5) is 0 Å². The first-order chi connectivity index (χ1) is 9.43. The van der Waals surface area contributed by atoms with Crippen LogP contribution in [0.5, 0.6) is 0 Å². The van der Waals surface area contributed by atoms with Gasteiger partial charge in [-0.2, -0.15) is 0 Å². The van der Waals surface area contributed by atoms with Gasteiger partial charge in [-0.1, -0.05) is 6.08 Å². The summed E-state index contributed by atoms with van der Waals surface area (Å²) in [5, 5.41) is 11.4. The summed E-state index contributed by atoms with van der Waals surface area (Å²) in [6, 6.07) is -0.845. The molecule has 1 rings (SSSR count). The van der Waals surface area contributed by atoms with E-state index in [0.29, 0.717) is 32.4 Å². The largest absolute Gasteiger partial charge is 0.480 e. The van der Waals surface area contributed by atoms with Crippen molar-refractivity contribution in [3.63, 3.8) is 0 Å². The van der Waals surface area contributed by atoms with Gasteiger partial charge < -0.3 is 15.3 Å². The van der Waals surface area contributed by atoms with Crippen molar-refractivity contribution in [3.05, 3.63) is 12.7 Å². The van der Waals surface area contributed by atoms with E-state index in [-0.39, 0.29) is 17.7 Å². The second kappa shape index (κ2) is 7.67. The van der Waals surface area contributed by atoms with Gasteiger partial charge in [0.05, 0.1) is 0 Å². The molecule has 0 aromatic heterocycles. The summed E-state index contributed by atoms with van der Waals surface area (Å²) in [5.41, 5.74) is 0. The number of carboxylic acids is 1. The standard InChI is InChI=1S/C14H22N2O4/c1-3-11-8-13(18)16(9-11)7-5-4-6-12(14(19)20)15-10(2)17/h3,11-12H,1,4-9H2,2H3,(H,15,17)(H,19,20)/t11?,12-/m0/s1. The van der Waals surface area contributed by atoms with Gasteiger partial charge in [0, 0.05) is 32.4 Å². The van der Waals surface area contributed by atoms with Gasteiger partial charge in [0.2, 0.25) is 11.8 Å². The van der Waals surface area contributed by atoms with Crippen molar-refractivity contribution in [2.24, 2.45) is 5.92 Å². The number of nitrogens with zero attached hydrogens (tertiary/aromatic N) is 1. The third-order valence-electron chi connectivity index (χ3n) is 3.42. The van der Waals surface area contributed by atoms with Crippen LogP contribution in [0.25, 0.3) is 0 Å². The Morgan fingerprint density at radius 3 is 2.75 bits per heavy atom. The molecule has 2 atom stereocenters. The van der Waals surface area contributed by atoms with E-state index < -0.39 is 12.0 Å². The van der Waals surface area contributed by atoms with E-state index in [1.54, 1.807) is 11.0 Å². The number of amides is 2. The van der Waals surface area contributed by atoms with Gasteiger partial charge in [-0.15, -0.1) is 6.58 Å². The fraction of sp³-hybridized carbons (Fsp3) is 0.643. The van der Waals surface area contributed by atoms with Gasteiger partial charge in [0.15, 0.2) is 0 Å². The summed E-state index contributed by atoms with van der Waals surface area (Å²) in [4.78, 5) is 35.2. The second-order valence-electron chi connectivity index (χ2n) is 5.13. The van der Waals surface area contributed by atoms with Gasteiger partial charge in [0.1, 0.15) is 6.04 Å². The molecule has 0 bridgehead atoms. The minimum atomic E-state index is -1.02. The molecule has 1 unspecified atom stereocenters. The van der Waals surface area contributed by atoms with E-state index in [0.717, 1.165) is 6.42 Å². The highest BCUT2D eigenvalue weighted by Gasteiger charge is 2.27. The number of nitrogens with one attached hydrogen (secondary N) is 1. The molecule has 0 aromatic rings. The number of hydrogen-bond acceptors (Lipinski definition) is 3. The van der Waals surface area contributed by atoms with Crippen LogP contribution in [0.3, 0.4) is 0 Å². The second-order valence-corrected chi connectivity index (χ2v) is 5.13. The Balaban J connectivity index is 2.26. The average Bonchev–Trinajstić information content (AvgIpc) is 2.73. The van der Waals surface area contributed by atoms with Crippen LogP contribution in [-0.4, -0.2) is 46.9 Å². The maximum absolute atomic E-state index is 11.7. The van der Waals surface area contributed by atoms with Gasteiger partial charge in [-0.05, 0) is 19.3 Å². The zero-order valence-electron chi connectivity index (χ0n) is 11.8. The molecular formula is C14H22N2O4. The van der Waals surface area contributed by atoms with E-state index >= 15 is 0 Å². The summed E-state index contributed by atoms with van der Waals surface area (Å²) in [7, 11) is 0. The van der Waals surface area contributed by atoms with Crippen molar-refractivity contribution in [2.75, 3.05) is 13.1 Å². The van der Waals surface area contributed by atoms with E-state index in [4.69, 9.17) is 5.11 Å². The number of likely N-dealkylation sites (tertiary alicyclic amines) is 1. The number of aliphatic carboxylic acids is 1. The summed E-state index contributed by atoms with van der Waals surface area (Å²) in [6.45, 7) is 6.33. The molecule has 0 spiro atoms. The van der Waals surface area contributed by atoms with Crippen LogP contribution in [0.15, 0.2) is 12.7 Å². The predicted octanol–water partition coefficient (Wildman–Crippen LogP) is 0.780. The Morgan fingerprint density at radius 2 is 2.25 bits per heavy atom. The molecule has 6 heteroatoms. The first-order valence-electron chi connectivity index (χ1n) is 6.84. The zero-order valence-corrected chi connectivity index (χ0v) is 11.8. The molecule has 1 aliphatic heterocycles. The highest BCUT2D eigenvalue weighted by molar-refractivity contribution is 5.82. The number of carboxylic acid groups (broad SMARTS) is 1. The van der Waals surface area contributed by atoms with Gasteiger partial charge in [-0.3, -0.25) is 9.59 Å². The molecule has 0 aromatic carbocycles. The maximum Gasteiger partial charge on any atom is 0.326 e. The SMILES string of the molecule is C=CC1CC(=O)N(CCCC[C@H](NC(C)=O)C(=O)O)C1. The molecule has 1 fully saturated rings. The fourth-order valence-corrected chi connectivity index (χ4v) is 2.33. The summed E-state index contributed by atoms with van der Waals surface area (Å²) < 4.78 is 0. The number of carbonyl (C=O) groups excluding carboxylic acids is 2. The molecule has 6 nitrogen and oxygen atoms in total. The molecule has 1 saturated heterocycles. The van der Waals surface area contributed by atoms with Crippen LogP contribution in [0, 0.1) is 5.92 Å². The van der Waals surface area contributed by atoms with E-state index in [1.807, 2.05) is 0 Å². The van der Waals surface area contributed by atoms with Crippen molar-refractivity contribution in [2.45, 2.75) is 38.6 Å². The van der Waals surface area contributed by atoms with Crippen molar-refractivity contribution < 1.29 is 19.5 Å². The molecule has 0 aliphatic carbocycles. The minimum Gasteiger partial charge on any atom is -0.480 e. The van der Waals surface area contributed by atoms with Gasteiger partial charge in [-0.25, -0.2) is 4.79 Å². The smallest absolute Gasteiger partial charge is 0.326 e. The molecule has 2 N–H and O–H groups in total. The van der Waals surface area contributed by atoms with Crippen LogP contribution < -0.4 is 5.32 Å². The van der Waals surface area contributed by atoms with E-state index in [9.17, 15) is 14.4 Å². The molecule has 0 saturated carbocycles. The van der Waals surface area contributed by atoms with Gasteiger partial charge in [0.25, 0.3) is 0 Å². The molecule has 2 amide bonds. The Kier molecular flexibility index (Phi) is 6.21. The molecule has 1 aliphatic rings. The lowest BCUT2D eigenvalue weighted by molar-refractivity contribution is -0.141. The quantitative estimate of drug-likeness (QED) is 0.509. The summed E-state index contributed by atoms with van der Waals surface area (Å²) in [6.07, 6.45) is 4.09. The topological polar surface area (TPSA) is 86.7 Å². The molecule has 0 radical (unpaired) electrons. The lowest BCUT2D eigenvalue weighted by Crippen LogP contribution is -2.39. The first-order valence-corrected chi connectivity index (χ1v) is 6.84. The average molecular weight is 282 g/mol. The first kappa shape index (κ1) is 16.2. The third-order valence-corrected chi connectivity index (χ3v) is 3.42. The Morgan fingerprint density at radius 1 is 1.55 bits per heavy atom. The monoisotopic (exact) mass is 282 g/mol. The van der Waals surface area contributed by atoms with Crippen molar-refractivity contribution >= 4 is 17.8 Å². The lowest BCUT2D eigenvalue weighted by atomic mass is 10.1. The van der Waals surface area contributed by atoms with Crippen LogP contribution in [0.2, 0.25) is 0 Å². The summed E-state index contributed by atoms with van der Waals surface area (Å²) >= 11 is 0. The normalized spacial score (nSPS) is 19.8. The summed E-state index contributed by atoms with van der Waals surface area (Å²) in [5.74, 6) is -1.01. The van der Waals surface area contributed by atoms with Crippen molar-refractivity contribution in [1.82, 2.24) is 10.2 Å². The van der Waals surface area contributed by atoms with E-state index in [2.05, 4.69) is 11.9 Å². The van der Waals surface area contributed by atoms with Crippen LogP contribution in [0.1, 0.15) is 32.6 Å². The lowest BCUT2D eigenvalue weighted by Gasteiger charge is -2.17. The fourth-order valence-electron chi connectivity index (χ4n) is 2.33. The van der Waals surface area contributed by atoms with Crippen LogP contribution in [-0.2, 0) is 14.4 Å². The number of unbranched alkanes of at least 4 members (excludes halogenated alkanes) is 1. The molecule has 20 heavy (non-hydrogen) atoms. The Labute approximate surface area is 118 Å². The number of carbonyl (C=O) groups is 3. The molecule has 112 valence electrons. The Hall–Kier alpha value is -1.85. The van der Waals surface area contributed by atoms with Crippen molar-refractivity contribution in [1.29, 1.82) is 0 Å². The zero-order chi connectivity index (χ0) is 15.1. The predicted molar refractivity (Wildman–Crippen MR) is 74.0 cm³/mol. The Bertz CT molecular complexity index is 395. The molecular weight excluding hydrogens is 260 g/mol. The number of rotatable bonds is 8. The molecule has 1 heterocycles. The van der Waals surface area contributed by atoms with Crippen LogP contribution >= 0.6 is 0 Å². The highest BCUT2D eigenvalue weighted by atomic mass is 16.4. The van der Waals surface area contributed by atoms with Crippen molar-refractivity contribution in [3.8, 4) is 0 Å². The number of hydrogen-bond donors (Lipinski definition) is 2. The minimum absolute atomic E-state index is 0.131. The third kappa shape index (κ3) is 5.03. The highest BCUT2D eigenvalue weighted by Crippen LogP contribution is 2.19. The van der Waals surface area contributed by atoms with Gasteiger partial charge >= 0.3 is 5.97 Å². The maximum atomic E-state index is 11.7.